The number of nitrogens with zero attached hydrogens (tertiary/aromatic N) is 3. The van der Waals surface area contributed by atoms with Crippen molar-refractivity contribution in [1.29, 1.82) is 0 Å². The molecule has 0 saturated heterocycles. The van der Waals surface area contributed by atoms with Crippen molar-refractivity contribution < 1.29 is 9.45 Å². The fourth-order valence-corrected chi connectivity index (χ4v) is 1.92. The molecule has 1 heterocycles. The first-order valence-electron chi connectivity index (χ1n) is 5.53. The van der Waals surface area contributed by atoms with E-state index < -0.39 is 4.92 Å². The van der Waals surface area contributed by atoms with E-state index in [4.69, 9.17) is 4.52 Å². The van der Waals surface area contributed by atoms with Gasteiger partial charge in [-0.1, -0.05) is 21.1 Å². The molecule has 0 atom stereocenters. The van der Waals surface area contributed by atoms with E-state index in [2.05, 4.69) is 31.4 Å². The zero-order chi connectivity index (χ0) is 13.8. The highest BCUT2D eigenvalue weighted by molar-refractivity contribution is 9.10. The highest BCUT2D eigenvalue weighted by Crippen LogP contribution is 2.27. The number of benzene rings is 1. The highest BCUT2D eigenvalue weighted by Gasteiger charge is 2.13. The van der Waals surface area contributed by atoms with Gasteiger partial charge in [0, 0.05) is 30.4 Å². The lowest BCUT2D eigenvalue weighted by Gasteiger charge is -2.06. The van der Waals surface area contributed by atoms with Crippen molar-refractivity contribution >= 4 is 27.3 Å². The quantitative estimate of drug-likeness (QED) is 0.670. The molecule has 2 aromatic rings. The summed E-state index contributed by atoms with van der Waals surface area (Å²) >= 11 is 3.28. The second kappa shape index (κ2) is 5.79. The van der Waals surface area contributed by atoms with Crippen molar-refractivity contribution in [2.24, 2.45) is 0 Å². The summed E-state index contributed by atoms with van der Waals surface area (Å²) in [6.45, 7) is 2.19. The van der Waals surface area contributed by atoms with Gasteiger partial charge in [0.05, 0.1) is 4.92 Å². The Morgan fingerprint density at radius 3 is 2.95 bits per heavy atom. The molecule has 100 valence electrons. The second-order valence-electron chi connectivity index (χ2n) is 3.82. The third kappa shape index (κ3) is 3.50. The van der Waals surface area contributed by atoms with Gasteiger partial charge in [-0.25, -0.2) is 0 Å². The summed E-state index contributed by atoms with van der Waals surface area (Å²) in [7, 11) is 0. The summed E-state index contributed by atoms with van der Waals surface area (Å²) in [6.07, 6.45) is 0.529. The van der Waals surface area contributed by atoms with Crippen LogP contribution in [0.15, 0.2) is 27.2 Å². The molecule has 2 rings (SSSR count). The molecular weight excluding hydrogens is 316 g/mol. The van der Waals surface area contributed by atoms with Gasteiger partial charge in [-0.2, -0.15) is 4.98 Å². The Labute approximate surface area is 117 Å². The summed E-state index contributed by atoms with van der Waals surface area (Å²) in [5.41, 5.74) is 0.493. The van der Waals surface area contributed by atoms with Crippen molar-refractivity contribution in [2.75, 3.05) is 11.9 Å². The molecule has 0 unspecified atom stereocenters. The lowest BCUT2D eigenvalue weighted by molar-refractivity contribution is -0.384. The minimum absolute atomic E-state index is 0.0347. The van der Waals surface area contributed by atoms with E-state index >= 15 is 0 Å². The number of hydrogen-bond acceptors (Lipinski definition) is 6. The van der Waals surface area contributed by atoms with Gasteiger partial charge in [-0.05, 0) is 12.1 Å². The SMILES string of the molecule is Cc1nc(CCNc2cc(Br)ccc2[N+](=O)[O-])no1. The van der Waals surface area contributed by atoms with E-state index in [1.807, 2.05) is 0 Å². The van der Waals surface area contributed by atoms with E-state index in [1.54, 1.807) is 19.1 Å². The molecule has 0 spiro atoms. The maximum atomic E-state index is 10.9. The van der Waals surface area contributed by atoms with Crippen LogP contribution < -0.4 is 5.32 Å². The number of anilines is 1. The summed E-state index contributed by atoms with van der Waals surface area (Å²) in [5.74, 6) is 1.08. The van der Waals surface area contributed by atoms with Gasteiger partial charge >= 0.3 is 0 Å². The average molecular weight is 327 g/mol. The molecule has 7 nitrogen and oxygen atoms in total. The van der Waals surface area contributed by atoms with Crippen LogP contribution in [0.2, 0.25) is 0 Å². The van der Waals surface area contributed by atoms with Crippen molar-refractivity contribution in [3.05, 3.63) is 44.5 Å². The molecule has 19 heavy (non-hydrogen) atoms. The molecule has 0 aliphatic carbocycles. The molecule has 0 bridgehead atoms. The first-order valence-corrected chi connectivity index (χ1v) is 6.32. The number of nitro groups is 1. The van der Waals surface area contributed by atoms with Gasteiger partial charge in [0.1, 0.15) is 5.69 Å². The summed E-state index contributed by atoms with van der Waals surface area (Å²) in [5, 5.41) is 17.6. The lowest BCUT2D eigenvalue weighted by Crippen LogP contribution is -2.07. The first kappa shape index (κ1) is 13.5. The highest BCUT2D eigenvalue weighted by atomic mass is 79.9. The Morgan fingerprint density at radius 2 is 2.32 bits per heavy atom. The van der Waals surface area contributed by atoms with E-state index in [1.165, 1.54) is 6.07 Å². The van der Waals surface area contributed by atoms with E-state index in [-0.39, 0.29) is 5.69 Å². The van der Waals surface area contributed by atoms with Crippen LogP contribution in [0.5, 0.6) is 0 Å². The van der Waals surface area contributed by atoms with E-state index in [0.717, 1.165) is 4.47 Å². The van der Waals surface area contributed by atoms with Gasteiger partial charge in [-0.3, -0.25) is 10.1 Å². The Hall–Kier alpha value is -1.96. The molecule has 0 aliphatic heterocycles. The van der Waals surface area contributed by atoms with Gasteiger partial charge in [0.25, 0.3) is 5.69 Å². The smallest absolute Gasteiger partial charge is 0.292 e. The Kier molecular flexibility index (Phi) is 4.10. The molecule has 0 radical (unpaired) electrons. The summed E-state index contributed by atoms with van der Waals surface area (Å²) in [4.78, 5) is 14.5. The largest absolute Gasteiger partial charge is 0.379 e. The van der Waals surface area contributed by atoms with Crippen LogP contribution in [0.25, 0.3) is 0 Å². The minimum atomic E-state index is -0.423. The van der Waals surface area contributed by atoms with Crippen molar-refractivity contribution in [3.63, 3.8) is 0 Å². The van der Waals surface area contributed by atoms with Crippen LogP contribution in [0.3, 0.4) is 0 Å². The van der Waals surface area contributed by atoms with Gasteiger partial charge in [0.2, 0.25) is 5.89 Å². The first-order chi connectivity index (χ1) is 9.06. The van der Waals surface area contributed by atoms with Crippen LogP contribution in [0.4, 0.5) is 11.4 Å². The van der Waals surface area contributed by atoms with E-state index in [9.17, 15) is 10.1 Å². The molecule has 0 amide bonds. The molecule has 0 aliphatic rings. The number of halogens is 1. The number of nitro benzene ring substituents is 1. The molecule has 1 aromatic carbocycles. The van der Waals surface area contributed by atoms with E-state index in [0.29, 0.717) is 30.4 Å². The number of aromatic nitrogens is 2. The van der Waals surface area contributed by atoms with Gasteiger partial charge < -0.3 is 9.84 Å². The molecule has 1 N–H and O–H groups in total. The number of nitrogens with one attached hydrogen (secondary N) is 1. The zero-order valence-electron chi connectivity index (χ0n) is 10.1. The predicted molar refractivity (Wildman–Crippen MR) is 72.0 cm³/mol. The Morgan fingerprint density at radius 1 is 1.53 bits per heavy atom. The molecule has 0 fully saturated rings. The van der Waals surface area contributed by atoms with Crippen molar-refractivity contribution in [1.82, 2.24) is 10.1 Å². The van der Waals surface area contributed by atoms with Crippen molar-refractivity contribution in [3.8, 4) is 0 Å². The van der Waals surface area contributed by atoms with Crippen molar-refractivity contribution in [2.45, 2.75) is 13.3 Å². The summed E-state index contributed by atoms with van der Waals surface area (Å²) in [6, 6.07) is 4.75. The lowest BCUT2D eigenvalue weighted by atomic mass is 10.2. The zero-order valence-corrected chi connectivity index (χ0v) is 11.7. The molecule has 8 heteroatoms. The van der Waals surface area contributed by atoms with Gasteiger partial charge in [0.15, 0.2) is 5.82 Å². The van der Waals surface area contributed by atoms with Crippen LogP contribution in [0, 0.1) is 17.0 Å². The number of rotatable bonds is 5. The third-order valence-electron chi connectivity index (χ3n) is 2.39. The predicted octanol–water partition coefficient (Wildman–Crippen LogP) is 2.70. The normalized spacial score (nSPS) is 10.4. The third-order valence-corrected chi connectivity index (χ3v) is 2.88. The molecule has 1 aromatic heterocycles. The molecule has 0 saturated carbocycles. The monoisotopic (exact) mass is 326 g/mol. The standard InChI is InChI=1S/C11H11BrN4O3/c1-7-14-11(15-19-7)4-5-13-9-6-8(12)2-3-10(9)16(17)18/h2-3,6,13H,4-5H2,1H3. The Balaban J connectivity index is 2.02. The van der Waals surface area contributed by atoms with Crippen LogP contribution in [-0.4, -0.2) is 21.6 Å². The number of hydrogen-bond donors (Lipinski definition) is 1. The second-order valence-corrected chi connectivity index (χ2v) is 4.74. The Bertz CT molecular complexity index is 599. The van der Waals surface area contributed by atoms with Crippen LogP contribution in [-0.2, 0) is 6.42 Å². The minimum Gasteiger partial charge on any atom is -0.379 e. The summed E-state index contributed by atoms with van der Waals surface area (Å²) < 4.78 is 5.62. The van der Waals surface area contributed by atoms with Gasteiger partial charge in [-0.15, -0.1) is 0 Å². The topological polar surface area (TPSA) is 94.1 Å². The van der Waals surface area contributed by atoms with Crippen LogP contribution in [0.1, 0.15) is 11.7 Å². The fourth-order valence-electron chi connectivity index (χ4n) is 1.56. The van der Waals surface area contributed by atoms with Crippen LogP contribution >= 0.6 is 15.9 Å². The fraction of sp³-hybridized carbons (Fsp3) is 0.273. The molecular formula is C11H11BrN4O3. The maximum Gasteiger partial charge on any atom is 0.292 e. The number of aryl methyl sites for hydroxylation is 1. The average Bonchev–Trinajstić information content (AvgIpc) is 2.75. The maximum absolute atomic E-state index is 10.9.